The molecule has 90 valence electrons. The fourth-order valence-corrected chi connectivity index (χ4v) is 3.29. The van der Waals surface area contributed by atoms with Crippen LogP contribution in [0.4, 0.5) is 6.01 Å². The molecule has 7 nitrogen and oxygen atoms in total. The predicted molar refractivity (Wildman–Crippen MR) is 57.7 cm³/mol. The molecule has 0 aliphatic carbocycles. The fourth-order valence-electron chi connectivity index (χ4n) is 1.62. The number of hydrogen-bond donors (Lipinski definition) is 2. The van der Waals surface area contributed by atoms with Crippen molar-refractivity contribution < 1.29 is 12.8 Å². The molecular formula is C8H14N4O3S. The average Bonchev–Trinajstić information content (AvgIpc) is 2.75. The summed E-state index contributed by atoms with van der Waals surface area (Å²) in [5, 5.41) is 13.4. The molecule has 2 rings (SSSR count). The molecule has 0 spiro atoms. The summed E-state index contributed by atoms with van der Waals surface area (Å²) in [6, 6.07) is 0.167. The van der Waals surface area contributed by atoms with E-state index < -0.39 is 9.84 Å². The average molecular weight is 246 g/mol. The third kappa shape index (κ3) is 2.70. The zero-order valence-corrected chi connectivity index (χ0v) is 9.75. The fraction of sp³-hybridized carbons (Fsp3) is 0.750. The Bertz CT molecular complexity index is 456. The van der Waals surface area contributed by atoms with Crippen molar-refractivity contribution in [1.29, 1.82) is 0 Å². The SMILES string of the molecule is CNCc1nnc(NC2CCS(=O)(=O)C2)o1. The molecule has 1 aromatic heterocycles. The molecular weight excluding hydrogens is 232 g/mol. The summed E-state index contributed by atoms with van der Waals surface area (Å²) in [4.78, 5) is 0. The van der Waals surface area contributed by atoms with E-state index in [-0.39, 0.29) is 23.6 Å². The number of sulfone groups is 1. The maximum absolute atomic E-state index is 11.2. The third-order valence-electron chi connectivity index (χ3n) is 2.35. The Morgan fingerprint density at radius 2 is 2.31 bits per heavy atom. The molecule has 1 atom stereocenters. The van der Waals surface area contributed by atoms with Crippen molar-refractivity contribution in [3.8, 4) is 0 Å². The Labute approximate surface area is 93.5 Å². The van der Waals surface area contributed by atoms with Crippen molar-refractivity contribution in [2.45, 2.75) is 19.0 Å². The van der Waals surface area contributed by atoms with E-state index in [4.69, 9.17) is 4.42 Å². The number of nitrogens with zero attached hydrogens (tertiary/aromatic N) is 2. The van der Waals surface area contributed by atoms with Crippen LogP contribution in [0.1, 0.15) is 12.3 Å². The number of nitrogens with one attached hydrogen (secondary N) is 2. The van der Waals surface area contributed by atoms with Crippen LogP contribution >= 0.6 is 0 Å². The van der Waals surface area contributed by atoms with Gasteiger partial charge in [0.2, 0.25) is 5.89 Å². The zero-order valence-electron chi connectivity index (χ0n) is 8.93. The number of hydrogen-bond acceptors (Lipinski definition) is 7. The lowest BCUT2D eigenvalue weighted by atomic mass is 10.3. The van der Waals surface area contributed by atoms with Crippen molar-refractivity contribution in [2.75, 3.05) is 23.9 Å². The van der Waals surface area contributed by atoms with Gasteiger partial charge in [0.25, 0.3) is 0 Å². The minimum Gasteiger partial charge on any atom is -0.407 e. The van der Waals surface area contributed by atoms with Gasteiger partial charge in [-0.15, -0.1) is 5.10 Å². The molecule has 0 radical (unpaired) electrons. The van der Waals surface area contributed by atoms with Gasteiger partial charge in [0, 0.05) is 6.04 Å². The molecule has 8 heteroatoms. The van der Waals surface area contributed by atoms with Crippen LogP contribution in [0.25, 0.3) is 0 Å². The van der Waals surface area contributed by atoms with Crippen LogP contribution in [-0.2, 0) is 16.4 Å². The zero-order chi connectivity index (χ0) is 11.6. The van der Waals surface area contributed by atoms with Gasteiger partial charge in [0.15, 0.2) is 9.84 Å². The third-order valence-corrected chi connectivity index (χ3v) is 4.12. The monoisotopic (exact) mass is 246 g/mol. The van der Waals surface area contributed by atoms with Crippen molar-refractivity contribution >= 4 is 15.9 Å². The Morgan fingerprint density at radius 1 is 1.50 bits per heavy atom. The quantitative estimate of drug-likeness (QED) is 0.731. The molecule has 2 N–H and O–H groups in total. The molecule has 1 fully saturated rings. The van der Waals surface area contributed by atoms with Crippen LogP contribution < -0.4 is 10.6 Å². The second kappa shape index (κ2) is 4.38. The second-order valence-electron chi connectivity index (χ2n) is 3.78. The molecule has 1 unspecified atom stereocenters. The molecule has 1 aliphatic heterocycles. The van der Waals surface area contributed by atoms with Gasteiger partial charge in [-0.2, -0.15) is 0 Å². The number of rotatable bonds is 4. The normalized spacial score (nSPS) is 23.4. The standard InChI is InChI=1S/C8H14N4O3S/c1-9-4-7-11-12-8(15-7)10-6-2-3-16(13,14)5-6/h6,9H,2-5H2,1H3,(H,10,12). The van der Waals surface area contributed by atoms with Gasteiger partial charge < -0.3 is 15.1 Å². The largest absolute Gasteiger partial charge is 0.407 e. The summed E-state index contributed by atoms with van der Waals surface area (Å²) in [6.45, 7) is 0.498. The highest BCUT2D eigenvalue weighted by atomic mass is 32.2. The maximum Gasteiger partial charge on any atom is 0.315 e. The van der Waals surface area contributed by atoms with Gasteiger partial charge in [0.1, 0.15) is 0 Å². The molecule has 0 saturated carbocycles. The van der Waals surface area contributed by atoms with E-state index in [9.17, 15) is 8.42 Å². The highest BCUT2D eigenvalue weighted by molar-refractivity contribution is 7.91. The van der Waals surface area contributed by atoms with Gasteiger partial charge >= 0.3 is 6.01 Å². The van der Waals surface area contributed by atoms with Gasteiger partial charge in [-0.05, 0) is 13.5 Å². The second-order valence-corrected chi connectivity index (χ2v) is 6.00. The summed E-state index contributed by atoms with van der Waals surface area (Å²) in [6.07, 6.45) is 0.589. The molecule has 1 aromatic rings. The topological polar surface area (TPSA) is 97.1 Å². The first kappa shape index (κ1) is 11.3. The maximum atomic E-state index is 11.2. The molecule has 1 aliphatic rings. The van der Waals surface area contributed by atoms with Crippen molar-refractivity contribution in [1.82, 2.24) is 15.5 Å². The molecule has 2 heterocycles. The molecule has 0 aromatic carbocycles. The smallest absolute Gasteiger partial charge is 0.315 e. The summed E-state index contributed by atoms with van der Waals surface area (Å²) >= 11 is 0. The summed E-state index contributed by atoms with van der Waals surface area (Å²) in [5.74, 6) is 0.838. The molecule has 0 bridgehead atoms. The Morgan fingerprint density at radius 3 is 2.94 bits per heavy atom. The first-order valence-corrected chi connectivity index (χ1v) is 6.85. The van der Waals surface area contributed by atoms with E-state index in [2.05, 4.69) is 20.8 Å². The predicted octanol–water partition coefficient (Wildman–Crippen LogP) is -0.612. The van der Waals surface area contributed by atoms with Crippen LogP contribution in [0.15, 0.2) is 4.42 Å². The van der Waals surface area contributed by atoms with E-state index in [1.54, 1.807) is 7.05 Å². The minimum atomic E-state index is -2.88. The highest BCUT2D eigenvalue weighted by Gasteiger charge is 2.28. The molecule has 0 amide bonds. The minimum absolute atomic E-state index is 0.118. The Balaban J connectivity index is 1.94. The van der Waals surface area contributed by atoms with Crippen molar-refractivity contribution in [3.63, 3.8) is 0 Å². The molecule has 16 heavy (non-hydrogen) atoms. The lowest BCUT2D eigenvalue weighted by molar-refractivity contribution is 0.485. The lowest BCUT2D eigenvalue weighted by Gasteiger charge is -2.06. The first-order valence-electron chi connectivity index (χ1n) is 5.03. The van der Waals surface area contributed by atoms with Crippen molar-refractivity contribution in [2.24, 2.45) is 0 Å². The van der Waals surface area contributed by atoms with Crippen molar-refractivity contribution in [3.05, 3.63) is 5.89 Å². The van der Waals surface area contributed by atoms with Gasteiger partial charge in [0.05, 0.1) is 18.1 Å². The van der Waals surface area contributed by atoms with E-state index in [0.717, 1.165) is 0 Å². The summed E-state index contributed by atoms with van der Waals surface area (Å²) < 4.78 is 27.7. The first-order chi connectivity index (χ1) is 7.59. The molecule has 1 saturated heterocycles. The van der Waals surface area contributed by atoms with E-state index in [0.29, 0.717) is 18.9 Å². The van der Waals surface area contributed by atoms with Crippen LogP contribution in [0, 0.1) is 0 Å². The van der Waals surface area contributed by atoms with Crippen LogP contribution in [0.3, 0.4) is 0 Å². The van der Waals surface area contributed by atoms with Gasteiger partial charge in [-0.25, -0.2) is 8.42 Å². The van der Waals surface area contributed by atoms with Crippen LogP contribution in [-0.4, -0.2) is 43.2 Å². The van der Waals surface area contributed by atoms with Gasteiger partial charge in [-0.3, -0.25) is 0 Å². The highest BCUT2D eigenvalue weighted by Crippen LogP contribution is 2.16. The number of anilines is 1. The lowest BCUT2D eigenvalue weighted by Crippen LogP contribution is -2.20. The Hall–Kier alpha value is -1.15. The van der Waals surface area contributed by atoms with Crippen LogP contribution in [0.2, 0.25) is 0 Å². The number of aromatic nitrogens is 2. The summed E-state index contributed by atoms with van der Waals surface area (Å²) in [5.41, 5.74) is 0. The van der Waals surface area contributed by atoms with E-state index in [1.807, 2.05) is 0 Å². The van der Waals surface area contributed by atoms with E-state index in [1.165, 1.54) is 0 Å². The Kier molecular flexibility index (Phi) is 3.10. The van der Waals surface area contributed by atoms with E-state index >= 15 is 0 Å². The summed E-state index contributed by atoms with van der Waals surface area (Å²) in [7, 11) is -1.11. The van der Waals surface area contributed by atoms with Gasteiger partial charge in [-0.1, -0.05) is 5.10 Å². The van der Waals surface area contributed by atoms with Crippen LogP contribution in [0.5, 0.6) is 0 Å².